The summed E-state index contributed by atoms with van der Waals surface area (Å²) in [5, 5.41) is 0. The maximum Gasteiger partial charge on any atom is 0.118 e. The van der Waals surface area contributed by atoms with Gasteiger partial charge >= 0.3 is 0 Å². The number of nitrogens with two attached hydrogens (primary N) is 1. The first-order valence-electron chi connectivity index (χ1n) is 5.78. The van der Waals surface area contributed by atoms with Crippen LogP contribution in [0.15, 0.2) is 36.0 Å². The molecular weight excluding hydrogens is 246 g/mol. The van der Waals surface area contributed by atoms with Gasteiger partial charge < -0.3 is 4.74 Å². The Morgan fingerprint density at radius 3 is 2.67 bits per heavy atom. The fraction of sp³-hybridized carbons (Fsp3) is 0.308. The molecule has 0 amide bonds. The number of ether oxygens (including phenoxy) is 1. The van der Waals surface area contributed by atoms with E-state index < -0.39 is 0 Å². The minimum Gasteiger partial charge on any atom is -0.497 e. The van der Waals surface area contributed by atoms with Gasteiger partial charge in [-0.3, -0.25) is 16.3 Å². The van der Waals surface area contributed by atoms with Gasteiger partial charge in [0.25, 0.3) is 0 Å². The van der Waals surface area contributed by atoms with E-state index in [0.717, 1.165) is 18.6 Å². The molecule has 18 heavy (non-hydrogen) atoms. The number of benzene rings is 1. The highest BCUT2D eigenvalue weighted by Crippen LogP contribution is 2.15. The van der Waals surface area contributed by atoms with Crippen molar-refractivity contribution in [3.63, 3.8) is 0 Å². The predicted molar refractivity (Wildman–Crippen MR) is 73.6 cm³/mol. The lowest BCUT2D eigenvalue weighted by molar-refractivity contribution is 0.414. The van der Waals surface area contributed by atoms with Gasteiger partial charge in [0, 0.05) is 23.5 Å². The van der Waals surface area contributed by atoms with Crippen LogP contribution in [-0.4, -0.2) is 18.1 Å². The quantitative estimate of drug-likeness (QED) is 0.616. The number of nitrogens with one attached hydrogen (secondary N) is 1. The Morgan fingerprint density at radius 2 is 2.11 bits per heavy atom. The van der Waals surface area contributed by atoms with Gasteiger partial charge in [0.1, 0.15) is 5.75 Å². The molecule has 0 aliphatic rings. The van der Waals surface area contributed by atoms with Crippen LogP contribution in [0.5, 0.6) is 5.75 Å². The fourth-order valence-corrected chi connectivity index (χ4v) is 2.50. The van der Waals surface area contributed by atoms with Crippen molar-refractivity contribution in [3.05, 3.63) is 46.4 Å². The molecule has 1 aromatic heterocycles. The zero-order valence-corrected chi connectivity index (χ0v) is 11.1. The largest absolute Gasteiger partial charge is 0.497 e. The summed E-state index contributed by atoms with van der Waals surface area (Å²) in [5.74, 6) is 6.48. The van der Waals surface area contributed by atoms with E-state index in [1.807, 2.05) is 23.8 Å². The topological polar surface area (TPSA) is 60.2 Å². The Bertz CT molecular complexity index is 456. The molecule has 0 aliphatic heterocycles. The number of hydrogen-bond acceptors (Lipinski definition) is 5. The molecule has 0 radical (unpaired) electrons. The Labute approximate surface area is 111 Å². The lowest BCUT2D eigenvalue weighted by Crippen LogP contribution is -2.38. The van der Waals surface area contributed by atoms with Crippen LogP contribution in [0, 0.1) is 0 Å². The van der Waals surface area contributed by atoms with Gasteiger partial charge in [-0.25, -0.2) is 0 Å². The standard InChI is InChI=1S/C13H17N3OS/c1-17-12-4-2-10(3-5-12)6-11(16-14)7-13-8-15-9-18-13/h2-5,8-9,11,16H,6-7,14H2,1H3. The number of hydrogen-bond donors (Lipinski definition) is 2. The second-order valence-electron chi connectivity index (χ2n) is 4.09. The first-order chi connectivity index (χ1) is 8.81. The minimum absolute atomic E-state index is 0.221. The minimum atomic E-state index is 0.221. The Balaban J connectivity index is 1.96. The lowest BCUT2D eigenvalue weighted by Gasteiger charge is -2.15. The number of aromatic nitrogens is 1. The zero-order chi connectivity index (χ0) is 12.8. The maximum absolute atomic E-state index is 5.60. The number of methoxy groups -OCH3 is 1. The highest BCUT2D eigenvalue weighted by Gasteiger charge is 2.10. The summed E-state index contributed by atoms with van der Waals surface area (Å²) in [5.41, 5.74) is 5.95. The van der Waals surface area contributed by atoms with Crippen molar-refractivity contribution >= 4 is 11.3 Å². The molecular formula is C13H17N3OS. The molecule has 1 aromatic carbocycles. The van der Waals surface area contributed by atoms with Crippen molar-refractivity contribution in [3.8, 4) is 5.75 Å². The highest BCUT2D eigenvalue weighted by molar-refractivity contribution is 7.09. The number of thiazole rings is 1. The monoisotopic (exact) mass is 263 g/mol. The van der Waals surface area contributed by atoms with Crippen LogP contribution in [-0.2, 0) is 12.8 Å². The van der Waals surface area contributed by atoms with E-state index in [4.69, 9.17) is 10.6 Å². The van der Waals surface area contributed by atoms with Crippen molar-refractivity contribution in [2.24, 2.45) is 5.84 Å². The number of nitrogens with zero attached hydrogens (tertiary/aromatic N) is 1. The van der Waals surface area contributed by atoms with E-state index in [-0.39, 0.29) is 6.04 Å². The molecule has 0 saturated carbocycles. The third kappa shape index (κ3) is 3.53. The Kier molecular flexibility index (Phi) is 4.69. The van der Waals surface area contributed by atoms with Gasteiger partial charge in [0.15, 0.2) is 0 Å². The van der Waals surface area contributed by atoms with Crippen molar-refractivity contribution in [2.45, 2.75) is 18.9 Å². The van der Waals surface area contributed by atoms with Crippen LogP contribution in [0.2, 0.25) is 0 Å². The first-order valence-corrected chi connectivity index (χ1v) is 6.66. The third-order valence-corrected chi connectivity index (χ3v) is 3.61. The first kappa shape index (κ1) is 13.0. The molecule has 0 saturated heterocycles. The molecule has 0 aliphatic carbocycles. The van der Waals surface area contributed by atoms with Gasteiger partial charge in [0.2, 0.25) is 0 Å². The molecule has 1 atom stereocenters. The van der Waals surface area contributed by atoms with E-state index in [1.54, 1.807) is 18.4 Å². The average molecular weight is 263 g/mol. The Hall–Kier alpha value is -1.43. The van der Waals surface area contributed by atoms with Gasteiger partial charge in [-0.1, -0.05) is 12.1 Å². The molecule has 2 aromatic rings. The van der Waals surface area contributed by atoms with Crippen LogP contribution in [0.1, 0.15) is 10.4 Å². The summed E-state index contributed by atoms with van der Waals surface area (Å²) in [4.78, 5) is 5.31. The van der Waals surface area contributed by atoms with E-state index in [1.165, 1.54) is 10.4 Å². The molecule has 1 unspecified atom stereocenters. The van der Waals surface area contributed by atoms with Gasteiger partial charge in [-0.05, 0) is 24.1 Å². The van der Waals surface area contributed by atoms with E-state index in [2.05, 4.69) is 22.5 Å². The van der Waals surface area contributed by atoms with Crippen LogP contribution in [0.3, 0.4) is 0 Å². The second kappa shape index (κ2) is 6.49. The summed E-state index contributed by atoms with van der Waals surface area (Å²) in [7, 11) is 1.67. The van der Waals surface area contributed by atoms with Crippen LogP contribution >= 0.6 is 11.3 Å². The van der Waals surface area contributed by atoms with Crippen molar-refractivity contribution in [1.29, 1.82) is 0 Å². The number of rotatable bonds is 6. The summed E-state index contributed by atoms with van der Waals surface area (Å²) >= 11 is 1.66. The van der Waals surface area contributed by atoms with Gasteiger partial charge in [0.05, 0.1) is 12.6 Å². The van der Waals surface area contributed by atoms with E-state index in [0.29, 0.717) is 0 Å². The molecule has 1 heterocycles. The summed E-state index contributed by atoms with van der Waals surface area (Å²) in [6.45, 7) is 0. The maximum atomic E-state index is 5.60. The molecule has 5 heteroatoms. The fourth-order valence-electron chi connectivity index (χ4n) is 1.82. The smallest absolute Gasteiger partial charge is 0.118 e. The molecule has 3 N–H and O–H groups in total. The molecule has 0 fully saturated rings. The van der Waals surface area contributed by atoms with Crippen LogP contribution in [0.25, 0.3) is 0 Å². The molecule has 96 valence electrons. The van der Waals surface area contributed by atoms with Crippen LogP contribution < -0.4 is 16.0 Å². The van der Waals surface area contributed by atoms with Crippen molar-refractivity contribution in [1.82, 2.24) is 10.4 Å². The van der Waals surface area contributed by atoms with Crippen LogP contribution in [0.4, 0.5) is 0 Å². The zero-order valence-electron chi connectivity index (χ0n) is 10.3. The lowest BCUT2D eigenvalue weighted by atomic mass is 10.0. The second-order valence-corrected chi connectivity index (χ2v) is 5.06. The molecule has 2 rings (SSSR count). The average Bonchev–Trinajstić information content (AvgIpc) is 2.91. The summed E-state index contributed by atoms with van der Waals surface area (Å²) in [6, 6.07) is 8.29. The van der Waals surface area contributed by atoms with E-state index >= 15 is 0 Å². The number of hydrazine groups is 1. The van der Waals surface area contributed by atoms with Gasteiger partial charge in [-0.2, -0.15) is 0 Å². The third-order valence-electron chi connectivity index (χ3n) is 2.81. The molecule has 4 nitrogen and oxygen atoms in total. The van der Waals surface area contributed by atoms with Gasteiger partial charge in [-0.15, -0.1) is 11.3 Å². The Morgan fingerprint density at radius 1 is 1.33 bits per heavy atom. The SMILES string of the molecule is COc1ccc(CC(Cc2cncs2)NN)cc1. The molecule has 0 bridgehead atoms. The van der Waals surface area contributed by atoms with Crippen molar-refractivity contribution < 1.29 is 4.74 Å². The summed E-state index contributed by atoms with van der Waals surface area (Å²) < 4.78 is 5.14. The normalized spacial score (nSPS) is 12.3. The predicted octanol–water partition coefficient (Wildman–Crippen LogP) is 1.77. The van der Waals surface area contributed by atoms with E-state index in [9.17, 15) is 0 Å². The van der Waals surface area contributed by atoms with Crippen molar-refractivity contribution in [2.75, 3.05) is 7.11 Å². The highest BCUT2D eigenvalue weighted by atomic mass is 32.1. The molecule has 0 spiro atoms. The summed E-state index contributed by atoms with van der Waals surface area (Å²) in [6.07, 6.45) is 3.68.